The van der Waals surface area contributed by atoms with Crippen molar-refractivity contribution in [1.29, 1.82) is 0 Å². The van der Waals surface area contributed by atoms with Gasteiger partial charge in [-0.3, -0.25) is 4.90 Å². The summed E-state index contributed by atoms with van der Waals surface area (Å²) in [5.74, 6) is 0.678. The van der Waals surface area contributed by atoms with Gasteiger partial charge in [-0.2, -0.15) is 0 Å². The van der Waals surface area contributed by atoms with Gasteiger partial charge in [-0.25, -0.2) is 4.98 Å². The van der Waals surface area contributed by atoms with Crippen molar-refractivity contribution < 1.29 is 9.47 Å². The summed E-state index contributed by atoms with van der Waals surface area (Å²) in [7, 11) is 4.36. The standard InChI is InChI=1S/C19H32N4O2/c1-4-20-18-12-17(24-13-15-8-7-11-22(15)2)16(23(18)3)14-25-19-9-5-6-10-21-19/h5-6,9-10,15-18,20H,4,7-8,11-14H2,1-3H3/t15-,16-,17?,18?/m0/s1. The Morgan fingerprint density at radius 1 is 1.28 bits per heavy atom. The van der Waals surface area contributed by atoms with E-state index in [9.17, 15) is 0 Å². The quantitative estimate of drug-likeness (QED) is 0.770. The molecule has 3 rings (SSSR count). The molecule has 0 aromatic carbocycles. The van der Waals surface area contributed by atoms with Gasteiger partial charge in [-0.15, -0.1) is 0 Å². The van der Waals surface area contributed by atoms with Gasteiger partial charge in [0, 0.05) is 24.7 Å². The van der Waals surface area contributed by atoms with Crippen LogP contribution in [0.25, 0.3) is 0 Å². The summed E-state index contributed by atoms with van der Waals surface area (Å²) in [6.07, 6.45) is 5.81. The van der Waals surface area contributed by atoms with E-state index in [4.69, 9.17) is 9.47 Å². The van der Waals surface area contributed by atoms with Crippen LogP contribution < -0.4 is 10.1 Å². The molecular formula is C19H32N4O2. The molecule has 2 saturated heterocycles. The van der Waals surface area contributed by atoms with E-state index >= 15 is 0 Å². The maximum atomic E-state index is 6.38. The molecule has 2 aliphatic heterocycles. The molecule has 140 valence electrons. The van der Waals surface area contributed by atoms with Gasteiger partial charge < -0.3 is 19.7 Å². The van der Waals surface area contributed by atoms with Gasteiger partial charge in [0.05, 0.1) is 24.9 Å². The summed E-state index contributed by atoms with van der Waals surface area (Å²) in [5, 5.41) is 3.55. The summed E-state index contributed by atoms with van der Waals surface area (Å²) in [4.78, 5) is 9.03. The first-order valence-corrected chi connectivity index (χ1v) is 9.50. The number of ether oxygens (including phenoxy) is 2. The summed E-state index contributed by atoms with van der Waals surface area (Å²) >= 11 is 0. The molecule has 4 atom stereocenters. The molecule has 0 amide bonds. The Labute approximate surface area is 151 Å². The van der Waals surface area contributed by atoms with Crippen molar-refractivity contribution in [2.24, 2.45) is 0 Å². The van der Waals surface area contributed by atoms with Crippen LogP contribution in [0.2, 0.25) is 0 Å². The van der Waals surface area contributed by atoms with Crippen molar-refractivity contribution in [3.8, 4) is 5.88 Å². The zero-order valence-electron chi connectivity index (χ0n) is 15.7. The molecule has 2 unspecified atom stereocenters. The molecule has 0 saturated carbocycles. The Bertz CT molecular complexity index is 515. The summed E-state index contributed by atoms with van der Waals surface area (Å²) in [6, 6.07) is 6.55. The number of aromatic nitrogens is 1. The van der Waals surface area contributed by atoms with Crippen LogP contribution in [-0.2, 0) is 4.74 Å². The summed E-state index contributed by atoms with van der Waals surface area (Å²) in [6.45, 7) is 5.70. The van der Waals surface area contributed by atoms with Crippen LogP contribution >= 0.6 is 0 Å². The van der Waals surface area contributed by atoms with Crippen LogP contribution in [0.5, 0.6) is 5.88 Å². The topological polar surface area (TPSA) is 49.9 Å². The van der Waals surface area contributed by atoms with Gasteiger partial charge in [0.15, 0.2) is 0 Å². The third-order valence-corrected chi connectivity index (χ3v) is 5.55. The summed E-state index contributed by atoms with van der Waals surface area (Å²) < 4.78 is 12.3. The first-order valence-electron chi connectivity index (χ1n) is 9.50. The number of pyridine rings is 1. The Morgan fingerprint density at radius 2 is 2.16 bits per heavy atom. The van der Waals surface area contributed by atoms with Crippen LogP contribution in [0.4, 0.5) is 0 Å². The van der Waals surface area contributed by atoms with Gasteiger partial charge in [0.2, 0.25) is 5.88 Å². The molecule has 6 heteroatoms. The second-order valence-electron chi connectivity index (χ2n) is 7.17. The smallest absolute Gasteiger partial charge is 0.213 e. The molecule has 3 heterocycles. The third-order valence-electron chi connectivity index (χ3n) is 5.55. The Balaban J connectivity index is 1.58. The van der Waals surface area contributed by atoms with Gasteiger partial charge in [0.25, 0.3) is 0 Å². The van der Waals surface area contributed by atoms with Crippen molar-refractivity contribution in [3.05, 3.63) is 24.4 Å². The average molecular weight is 348 g/mol. The molecule has 0 bridgehead atoms. The lowest BCUT2D eigenvalue weighted by Gasteiger charge is -2.28. The number of nitrogens with one attached hydrogen (secondary N) is 1. The van der Waals surface area contributed by atoms with Crippen molar-refractivity contribution in [3.63, 3.8) is 0 Å². The van der Waals surface area contributed by atoms with Crippen LogP contribution in [0.1, 0.15) is 26.2 Å². The van der Waals surface area contributed by atoms with Gasteiger partial charge in [-0.05, 0) is 46.1 Å². The van der Waals surface area contributed by atoms with E-state index in [0.29, 0.717) is 24.7 Å². The zero-order chi connectivity index (χ0) is 17.6. The minimum Gasteiger partial charge on any atom is -0.476 e. The second-order valence-corrected chi connectivity index (χ2v) is 7.17. The lowest BCUT2D eigenvalue weighted by molar-refractivity contribution is -0.00577. The SMILES string of the molecule is CCNC1CC(OC[C@@H]2CCCN2C)[C@H](COc2ccccn2)N1C. The fourth-order valence-corrected chi connectivity index (χ4v) is 3.93. The highest BCUT2D eigenvalue weighted by Gasteiger charge is 2.40. The van der Waals surface area contributed by atoms with E-state index in [1.54, 1.807) is 6.20 Å². The highest BCUT2D eigenvalue weighted by atomic mass is 16.5. The number of rotatable bonds is 8. The van der Waals surface area contributed by atoms with Crippen LogP contribution in [0.15, 0.2) is 24.4 Å². The van der Waals surface area contributed by atoms with Crippen molar-refractivity contribution in [2.75, 3.05) is 40.4 Å². The Kier molecular flexibility index (Phi) is 6.64. The lowest BCUT2D eigenvalue weighted by Crippen LogP contribution is -2.45. The van der Waals surface area contributed by atoms with Crippen molar-refractivity contribution >= 4 is 0 Å². The van der Waals surface area contributed by atoms with Crippen molar-refractivity contribution in [1.82, 2.24) is 20.1 Å². The minimum atomic E-state index is 0.187. The number of likely N-dealkylation sites (N-methyl/N-ethyl adjacent to an activating group) is 2. The molecule has 2 fully saturated rings. The van der Waals surface area contributed by atoms with Gasteiger partial charge in [0.1, 0.15) is 6.61 Å². The van der Waals surface area contributed by atoms with Crippen LogP contribution in [0.3, 0.4) is 0 Å². The van der Waals surface area contributed by atoms with E-state index in [0.717, 1.165) is 19.6 Å². The molecule has 6 nitrogen and oxygen atoms in total. The highest BCUT2D eigenvalue weighted by Crippen LogP contribution is 2.26. The molecular weight excluding hydrogens is 316 g/mol. The first-order chi connectivity index (χ1) is 12.2. The second kappa shape index (κ2) is 8.94. The van der Waals surface area contributed by atoms with E-state index in [1.807, 2.05) is 18.2 Å². The molecule has 2 aliphatic rings. The molecule has 0 radical (unpaired) electrons. The molecule has 0 aliphatic carbocycles. The number of hydrogen-bond donors (Lipinski definition) is 1. The number of hydrogen-bond acceptors (Lipinski definition) is 6. The fraction of sp³-hybridized carbons (Fsp3) is 0.737. The summed E-state index contributed by atoms with van der Waals surface area (Å²) in [5.41, 5.74) is 0. The van der Waals surface area contributed by atoms with Crippen molar-refractivity contribution in [2.45, 2.75) is 50.5 Å². The molecule has 1 aromatic rings. The maximum absolute atomic E-state index is 6.38. The van der Waals surface area contributed by atoms with E-state index in [-0.39, 0.29) is 12.1 Å². The number of nitrogens with zero attached hydrogens (tertiary/aromatic N) is 3. The van der Waals surface area contributed by atoms with Gasteiger partial charge in [-0.1, -0.05) is 13.0 Å². The monoisotopic (exact) mass is 348 g/mol. The molecule has 25 heavy (non-hydrogen) atoms. The highest BCUT2D eigenvalue weighted by molar-refractivity contribution is 5.09. The molecule has 1 N–H and O–H groups in total. The normalized spacial score (nSPS) is 30.8. The predicted molar refractivity (Wildman–Crippen MR) is 98.8 cm³/mol. The molecule has 0 spiro atoms. The number of likely N-dealkylation sites (tertiary alicyclic amines) is 2. The van der Waals surface area contributed by atoms with E-state index in [1.165, 1.54) is 19.4 Å². The fourth-order valence-electron chi connectivity index (χ4n) is 3.93. The van der Waals surface area contributed by atoms with Gasteiger partial charge >= 0.3 is 0 Å². The van der Waals surface area contributed by atoms with Crippen LogP contribution in [-0.4, -0.2) is 79.5 Å². The van der Waals surface area contributed by atoms with Crippen LogP contribution in [0, 0.1) is 0 Å². The molecule has 1 aromatic heterocycles. The largest absolute Gasteiger partial charge is 0.476 e. The van der Waals surface area contributed by atoms with E-state index < -0.39 is 0 Å². The minimum absolute atomic E-state index is 0.187. The lowest BCUT2D eigenvalue weighted by atomic mass is 10.1. The van der Waals surface area contributed by atoms with E-state index in [2.05, 4.69) is 41.1 Å². The third kappa shape index (κ3) is 4.70. The predicted octanol–water partition coefficient (Wildman–Crippen LogP) is 1.58. The maximum Gasteiger partial charge on any atom is 0.213 e. The average Bonchev–Trinajstić information content (AvgIpc) is 3.16. The Morgan fingerprint density at radius 3 is 2.84 bits per heavy atom. The Hall–Kier alpha value is -1.21. The zero-order valence-corrected chi connectivity index (χ0v) is 15.7. The first kappa shape index (κ1) is 18.6.